The Bertz CT molecular complexity index is 547. The van der Waals surface area contributed by atoms with Gasteiger partial charge in [0.25, 0.3) is 5.91 Å². The van der Waals surface area contributed by atoms with Crippen molar-refractivity contribution in [3.8, 4) is 5.75 Å². The van der Waals surface area contributed by atoms with Crippen molar-refractivity contribution in [1.29, 1.82) is 0 Å². The molecule has 3 rings (SSSR count). The van der Waals surface area contributed by atoms with Gasteiger partial charge in [-0.2, -0.15) is 0 Å². The number of hydrogen-bond acceptors (Lipinski definition) is 3. The van der Waals surface area contributed by atoms with Gasteiger partial charge < -0.3 is 15.0 Å². The summed E-state index contributed by atoms with van der Waals surface area (Å²) in [5, 5.41) is 3.10. The van der Waals surface area contributed by atoms with Crippen LogP contribution in [-0.2, 0) is 4.79 Å². The van der Waals surface area contributed by atoms with Gasteiger partial charge in [-0.05, 0) is 49.9 Å². The maximum atomic E-state index is 12.5. The van der Waals surface area contributed by atoms with E-state index < -0.39 is 5.66 Å². The van der Waals surface area contributed by atoms with Crippen LogP contribution in [0.1, 0.15) is 42.5 Å². The number of nitrogens with one attached hydrogen (secondary N) is 1. The molecule has 0 spiro atoms. The maximum absolute atomic E-state index is 12.5. The Kier molecular flexibility index (Phi) is 3.57. The molecule has 5 heteroatoms. The van der Waals surface area contributed by atoms with Crippen molar-refractivity contribution in [1.82, 2.24) is 10.2 Å². The molecule has 2 fully saturated rings. The SMILES string of the molecule is COc1ccc(C(=O)NC2(N3CCC3=O)CCCC2)cc1. The number of hydrogen-bond donors (Lipinski definition) is 1. The molecule has 2 amide bonds. The van der Waals surface area contributed by atoms with Crippen LogP contribution in [-0.4, -0.2) is 36.0 Å². The lowest BCUT2D eigenvalue weighted by Gasteiger charge is -2.46. The summed E-state index contributed by atoms with van der Waals surface area (Å²) in [6.07, 6.45) is 4.39. The van der Waals surface area contributed by atoms with Gasteiger partial charge in [0.05, 0.1) is 7.11 Å². The molecule has 0 radical (unpaired) electrons. The summed E-state index contributed by atoms with van der Waals surface area (Å²) < 4.78 is 5.10. The Labute approximate surface area is 124 Å². The van der Waals surface area contributed by atoms with E-state index >= 15 is 0 Å². The molecule has 0 unspecified atom stereocenters. The summed E-state index contributed by atoms with van der Waals surface area (Å²) in [6.45, 7) is 0.752. The fourth-order valence-corrected chi connectivity index (χ4v) is 3.22. The summed E-state index contributed by atoms with van der Waals surface area (Å²) in [7, 11) is 1.60. The van der Waals surface area contributed by atoms with Gasteiger partial charge in [0.1, 0.15) is 11.4 Å². The summed E-state index contributed by atoms with van der Waals surface area (Å²) >= 11 is 0. The van der Waals surface area contributed by atoms with E-state index in [0.29, 0.717) is 12.0 Å². The van der Waals surface area contributed by atoms with E-state index in [1.807, 2.05) is 4.90 Å². The minimum Gasteiger partial charge on any atom is -0.497 e. The quantitative estimate of drug-likeness (QED) is 0.861. The zero-order valence-corrected chi connectivity index (χ0v) is 12.2. The highest BCUT2D eigenvalue weighted by molar-refractivity contribution is 5.95. The molecular weight excluding hydrogens is 268 g/mol. The zero-order valence-electron chi connectivity index (χ0n) is 12.2. The lowest BCUT2D eigenvalue weighted by molar-refractivity contribution is -0.149. The molecule has 5 nitrogen and oxygen atoms in total. The summed E-state index contributed by atoms with van der Waals surface area (Å²) in [4.78, 5) is 26.1. The fourth-order valence-electron chi connectivity index (χ4n) is 3.22. The molecule has 1 aliphatic carbocycles. The Balaban J connectivity index is 1.76. The smallest absolute Gasteiger partial charge is 0.253 e. The zero-order chi connectivity index (χ0) is 14.9. The maximum Gasteiger partial charge on any atom is 0.253 e. The number of carbonyl (C=O) groups is 2. The summed E-state index contributed by atoms with van der Waals surface area (Å²) in [6, 6.07) is 7.03. The van der Waals surface area contributed by atoms with Gasteiger partial charge in [0.2, 0.25) is 5.91 Å². The molecule has 1 saturated carbocycles. The van der Waals surface area contributed by atoms with Gasteiger partial charge in [-0.1, -0.05) is 0 Å². The lowest BCUT2D eigenvalue weighted by atomic mass is 9.99. The number of amides is 2. The van der Waals surface area contributed by atoms with Crippen molar-refractivity contribution in [2.75, 3.05) is 13.7 Å². The lowest BCUT2D eigenvalue weighted by Crippen LogP contribution is -2.65. The first-order chi connectivity index (χ1) is 10.1. The second-order valence-corrected chi connectivity index (χ2v) is 5.72. The molecular formula is C16H20N2O3. The van der Waals surface area contributed by atoms with Crippen molar-refractivity contribution in [3.05, 3.63) is 29.8 Å². The van der Waals surface area contributed by atoms with Gasteiger partial charge in [0, 0.05) is 18.5 Å². The number of carbonyl (C=O) groups excluding carboxylic acids is 2. The molecule has 0 bridgehead atoms. The van der Waals surface area contributed by atoms with Crippen molar-refractivity contribution < 1.29 is 14.3 Å². The first-order valence-electron chi connectivity index (χ1n) is 7.42. The first kappa shape index (κ1) is 13.9. The molecule has 1 aliphatic heterocycles. The highest BCUT2D eigenvalue weighted by Crippen LogP contribution is 2.36. The molecule has 112 valence electrons. The topological polar surface area (TPSA) is 58.6 Å². The van der Waals surface area contributed by atoms with Gasteiger partial charge in [-0.15, -0.1) is 0 Å². The van der Waals surface area contributed by atoms with Crippen LogP contribution in [0.25, 0.3) is 0 Å². The summed E-state index contributed by atoms with van der Waals surface area (Å²) in [5.41, 5.74) is 0.127. The third-order valence-electron chi connectivity index (χ3n) is 4.50. The van der Waals surface area contributed by atoms with Crippen LogP contribution in [0.3, 0.4) is 0 Å². The average molecular weight is 288 g/mol. The number of benzene rings is 1. The molecule has 21 heavy (non-hydrogen) atoms. The predicted molar refractivity (Wildman–Crippen MR) is 78.0 cm³/mol. The third-order valence-corrected chi connectivity index (χ3v) is 4.50. The molecule has 1 N–H and O–H groups in total. The van der Waals surface area contributed by atoms with E-state index in [4.69, 9.17) is 4.74 Å². The van der Waals surface area contributed by atoms with E-state index in [2.05, 4.69) is 5.32 Å². The molecule has 2 aliphatic rings. The Morgan fingerprint density at radius 3 is 2.38 bits per heavy atom. The molecule has 1 aromatic carbocycles. The Hall–Kier alpha value is -2.04. The molecule has 1 aromatic rings. The average Bonchev–Trinajstić information content (AvgIpc) is 2.94. The minimum absolute atomic E-state index is 0.126. The second-order valence-electron chi connectivity index (χ2n) is 5.72. The van der Waals surface area contributed by atoms with Crippen LogP contribution in [0.15, 0.2) is 24.3 Å². The van der Waals surface area contributed by atoms with Crippen LogP contribution in [0.2, 0.25) is 0 Å². The number of methoxy groups -OCH3 is 1. The Morgan fingerprint density at radius 2 is 1.90 bits per heavy atom. The third kappa shape index (κ3) is 2.48. The number of ether oxygens (including phenoxy) is 1. The van der Waals surface area contributed by atoms with E-state index in [1.165, 1.54) is 0 Å². The monoisotopic (exact) mass is 288 g/mol. The van der Waals surface area contributed by atoms with Crippen LogP contribution in [0.5, 0.6) is 5.75 Å². The normalized spacial score (nSPS) is 20.0. The molecule has 1 heterocycles. The predicted octanol–water partition coefficient (Wildman–Crippen LogP) is 1.93. The van der Waals surface area contributed by atoms with Crippen LogP contribution in [0, 0.1) is 0 Å². The van der Waals surface area contributed by atoms with Crippen LogP contribution in [0.4, 0.5) is 0 Å². The molecule has 1 saturated heterocycles. The van der Waals surface area contributed by atoms with Crippen LogP contribution < -0.4 is 10.1 Å². The Morgan fingerprint density at radius 1 is 1.24 bits per heavy atom. The number of β-lactam (4-membered cyclic amide) rings is 1. The van der Waals surface area contributed by atoms with Crippen molar-refractivity contribution >= 4 is 11.8 Å². The van der Waals surface area contributed by atoms with Crippen molar-refractivity contribution in [3.63, 3.8) is 0 Å². The first-order valence-corrected chi connectivity index (χ1v) is 7.42. The standard InChI is InChI=1S/C16H20N2O3/c1-21-13-6-4-12(5-7-13)15(20)17-16(9-2-3-10-16)18-11-8-14(18)19/h4-7H,2-3,8-11H2,1H3,(H,17,20). The van der Waals surface area contributed by atoms with E-state index in [9.17, 15) is 9.59 Å². The second kappa shape index (κ2) is 5.39. The number of nitrogens with zero attached hydrogens (tertiary/aromatic N) is 1. The van der Waals surface area contributed by atoms with Crippen molar-refractivity contribution in [2.24, 2.45) is 0 Å². The van der Waals surface area contributed by atoms with Gasteiger partial charge in [-0.25, -0.2) is 0 Å². The number of likely N-dealkylation sites (tertiary alicyclic amines) is 1. The van der Waals surface area contributed by atoms with E-state index in [-0.39, 0.29) is 11.8 Å². The van der Waals surface area contributed by atoms with Crippen molar-refractivity contribution in [2.45, 2.75) is 37.8 Å². The van der Waals surface area contributed by atoms with E-state index in [1.54, 1.807) is 31.4 Å². The van der Waals surface area contributed by atoms with Gasteiger partial charge in [-0.3, -0.25) is 9.59 Å². The van der Waals surface area contributed by atoms with Crippen LogP contribution >= 0.6 is 0 Å². The fraction of sp³-hybridized carbons (Fsp3) is 0.500. The molecule has 0 aromatic heterocycles. The largest absolute Gasteiger partial charge is 0.497 e. The highest BCUT2D eigenvalue weighted by Gasteiger charge is 2.46. The van der Waals surface area contributed by atoms with E-state index in [0.717, 1.165) is 38.0 Å². The van der Waals surface area contributed by atoms with Gasteiger partial charge in [0.15, 0.2) is 0 Å². The van der Waals surface area contributed by atoms with Gasteiger partial charge >= 0.3 is 0 Å². The summed E-state index contributed by atoms with van der Waals surface area (Å²) in [5.74, 6) is 0.742. The molecule has 0 atom stereocenters. The number of rotatable bonds is 4. The highest BCUT2D eigenvalue weighted by atomic mass is 16.5. The minimum atomic E-state index is -0.466.